The fourth-order valence-electron chi connectivity index (χ4n) is 3.53. The van der Waals surface area contributed by atoms with E-state index in [1.807, 2.05) is 18.2 Å². The van der Waals surface area contributed by atoms with Crippen LogP contribution >= 0.6 is 22.9 Å². The lowest BCUT2D eigenvalue weighted by Crippen LogP contribution is -2.40. The molecule has 138 valence electrons. The first kappa shape index (κ1) is 18.2. The second-order valence-corrected chi connectivity index (χ2v) is 7.94. The van der Waals surface area contributed by atoms with Gasteiger partial charge in [-0.1, -0.05) is 41.9 Å². The molecule has 0 spiro atoms. The van der Waals surface area contributed by atoms with Crippen molar-refractivity contribution in [3.63, 3.8) is 0 Å². The highest BCUT2D eigenvalue weighted by Gasteiger charge is 2.30. The fourth-order valence-corrected chi connectivity index (χ4v) is 4.61. The van der Waals surface area contributed by atoms with E-state index in [4.69, 9.17) is 11.6 Å². The van der Waals surface area contributed by atoms with Crippen molar-refractivity contribution in [2.75, 3.05) is 18.4 Å². The van der Waals surface area contributed by atoms with Crippen LogP contribution in [0.4, 0.5) is 10.1 Å². The Kier molecular flexibility index (Phi) is 5.25. The van der Waals surface area contributed by atoms with E-state index in [0.29, 0.717) is 5.02 Å². The predicted molar refractivity (Wildman–Crippen MR) is 108 cm³/mol. The number of carbonyl (C=O) groups is 1. The van der Waals surface area contributed by atoms with E-state index in [0.717, 1.165) is 18.5 Å². The summed E-state index contributed by atoms with van der Waals surface area (Å²) in [4.78, 5) is 16.1. The summed E-state index contributed by atoms with van der Waals surface area (Å²) in [7, 11) is 0. The minimum Gasteiger partial charge on any atom is -0.322 e. The Morgan fingerprint density at radius 3 is 2.85 bits per heavy atom. The van der Waals surface area contributed by atoms with Gasteiger partial charge in [-0.05, 0) is 47.2 Å². The summed E-state index contributed by atoms with van der Waals surface area (Å²) in [6.45, 7) is 0.958. The summed E-state index contributed by atoms with van der Waals surface area (Å²) < 4.78 is 13.9. The van der Waals surface area contributed by atoms with Crippen LogP contribution in [0.25, 0.3) is 0 Å². The lowest BCUT2D eigenvalue weighted by Gasteiger charge is -2.35. The topological polar surface area (TPSA) is 32.3 Å². The van der Waals surface area contributed by atoms with Crippen LogP contribution in [-0.4, -0.2) is 23.9 Å². The third-order valence-electron chi connectivity index (χ3n) is 4.73. The highest BCUT2D eigenvalue weighted by Crippen LogP contribution is 2.37. The number of nitrogens with zero attached hydrogens (tertiary/aromatic N) is 1. The van der Waals surface area contributed by atoms with Gasteiger partial charge in [0.1, 0.15) is 5.82 Å². The van der Waals surface area contributed by atoms with E-state index in [9.17, 15) is 9.18 Å². The Morgan fingerprint density at radius 1 is 1.22 bits per heavy atom. The molecule has 0 aliphatic carbocycles. The largest absolute Gasteiger partial charge is 0.322 e. The molecule has 6 heteroatoms. The molecular weight excluding hydrogens is 383 g/mol. The van der Waals surface area contributed by atoms with Gasteiger partial charge in [-0.15, -0.1) is 11.3 Å². The van der Waals surface area contributed by atoms with E-state index in [1.165, 1.54) is 28.6 Å². The van der Waals surface area contributed by atoms with Gasteiger partial charge < -0.3 is 5.32 Å². The monoisotopic (exact) mass is 400 g/mol. The van der Waals surface area contributed by atoms with E-state index >= 15 is 0 Å². The van der Waals surface area contributed by atoms with Crippen molar-refractivity contribution in [2.24, 2.45) is 0 Å². The number of thiophene rings is 1. The van der Waals surface area contributed by atoms with Crippen molar-refractivity contribution >= 4 is 34.5 Å². The molecule has 0 bridgehead atoms. The van der Waals surface area contributed by atoms with Crippen molar-refractivity contribution in [1.82, 2.24) is 4.90 Å². The summed E-state index contributed by atoms with van der Waals surface area (Å²) in [6.07, 6.45) is 0.912. The van der Waals surface area contributed by atoms with E-state index in [2.05, 4.69) is 33.8 Å². The maximum atomic E-state index is 13.9. The minimum absolute atomic E-state index is 0.0242. The van der Waals surface area contributed by atoms with Crippen molar-refractivity contribution in [1.29, 1.82) is 0 Å². The average molecular weight is 401 g/mol. The lowest BCUT2D eigenvalue weighted by molar-refractivity contribution is -0.117. The Morgan fingerprint density at radius 2 is 2.04 bits per heavy atom. The van der Waals surface area contributed by atoms with E-state index < -0.39 is 5.82 Å². The van der Waals surface area contributed by atoms with Crippen molar-refractivity contribution in [2.45, 2.75) is 12.5 Å². The Hall–Kier alpha value is -2.21. The van der Waals surface area contributed by atoms with Crippen molar-refractivity contribution < 1.29 is 9.18 Å². The number of anilines is 1. The van der Waals surface area contributed by atoms with Crippen molar-refractivity contribution in [3.05, 3.63) is 86.8 Å². The molecule has 3 nitrogen and oxygen atoms in total. The highest BCUT2D eigenvalue weighted by molar-refractivity contribution is 7.10. The van der Waals surface area contributed by atoms with E-state index in [-0.39, 0.29) is 24.2 Å². The summed E-state index contributed by atoms with van der Waals surface area (Å²) in [5.74, 6) is -0.748. The molecule has 1 aliphatic rings. The molecular formula is C21H18ClFN2OS. The summed E-state index contributed by atoms with van der Waals surface area (Å²) in [5.41, 5.74) is 2.51. The van der Waals surface area contributed by atoms with Crippen LogP contribution in [0.5, 0.6) is 0 Å². The normalized spacial score (nSPS) is 16.7. The molecule has 1 atom stereocenters. The van der Waals surface area contributed by atoms with Gasteiger partial charge in [0, 0.05) is 16.4 Å². The number of amides is 1. The van der Waals surface area contributed by atoms with Gasteiger partial charge >= 0.3 is 0 Å². The predicted octanol–water partition coefficient (Wildman–Crippen LogP) is 5.13. The Labute approximate surface area is 166 Å². The Balaban J connectivity index is 1.57. The molecule has 4 rings (SSSR count). The van der Waals surface area contributed by atoms with Crippen LogP contribution in [0.3, 0.4) is 0 Å². The van der Waals surface area contributed by atoms with E-state index in [1.54, 1.807) is 11.3 Å². The summed E-state index contributed by atoms with van der Waals surface area (Å²) in [6, 6.07) is 16.5. The van der Waals surface area contributed by atoms with Gasteiger partial charge in [0.15, 0.2) is 0 Å². The molecule has 2 heterocycles. The van der Waals surface area contributed by atoms with Crippen LogP contribution in [0.15, 0.2) is 60.0 Å². The third-order valence-corrected chi connectivity index (χ3v) is 5.96. The molecule has 1 N–H and O–H groups in total. The van der Waals surface area contributed by atoms with Gasteiger partial charge in [-0.3, -0.25) is 9.69 Å². The van der Waals surface area contributed by atoms with Gasteiger partial charge in [-0.2, -0.15) is 0 Å². The second-order valence-electron chi connectivity index (χ2n) is 6.51. The first-order valence-corrected chi connectivity index (χ1v) is 9.98. The standard InChI is InChI=1S/C21H18ClFN2OS/c22-15-6-7-17(23)18(12-15)24-20(26)13-25-10-8-19-16(9-11-27-19)21(25)14-4-2-1-3-5-14/h1-7,9,11-12,21H,8,10,13H2,(H,24,26). The number of fused-ring (bicyclic) bond motifs is 1. The first-order valence-electron chi connectivity index (χ1n) is 8.72. The number of halogens is 2. The van der Waals surface area contributed by atoms with Crippen LogP contribution in [-0.2, 0) is 11.2 Å². The smallest absolute Gasteiger partial charge is 0.238 e. The SMILES string of the molecule is O=C(CN1CCc2sccc2C1c1ccccc1)Nc1cc(Cl)ccc1F. The number of carbonyl (C=O) groups excluding carboxylic acids is 1. The number of nitrogens with one attached hydrogen (secondary N) is 1. The molecule has 0 saturated carbocycles. The molecule has 1 aromatic heterocycles. The second kappa shape index (κ2) is 7.80. The van der Waals surface area contributed by atoms with Crippen LogP contribution < -0.4 is 5.32 Å². The number of hydrogen-bond acceptors (Lipinski definition) is 3. The molecule has 1 unspecified atom stereocenters. The van der Waals surface area contributed by atoms with Crippen LogP contribution in [0, 0.1) is 5.82 Å². The minimum atomic E-state index is -0.494. The maximum absolute atomic E-state index is 13.9. The molecule has 2 aromatic carbocycles. The van der Waals surface area contributed by atoms with Crippen LogP contribution in [0.2, 0.25) is 5.02 Å². The Bertz CT molecular complexity index is 960. The van der Waals surface area contributed by atoms with Gasteiger partial charge in [0.05, 0.1) is 18.3 Å². The maximum Gasteiger partial charge on any atom is 0.238 e. The molecule has 1 amide bonds. The quantitative estimate of drug-likeness (QED) is 0.658. The van der Waals surface area contributed by atoms with Gasteiger partial charge in [0.25, 0.3) is 0 Å². The number of benzene rings is 2. The fraction of sp³-hybridized carbons (Fsp3) is 0.190. The molecule has 3 aromatic rings. The zero-order valence-electron chi connectivity index (χ0n) is 14.5. The molecule has 0 saturated heterocycles. The molecule has 1 aliphatic heterocycles. The molecule has 0 radical (unpaired) electrons. The van der Waals surface area contributed by atoms with Crippen molar-refractivity contribution in [3.8, 4) is 0 Å². The third kappa shape index (κ3) is 3.90. The summed E-state index contributed by atoms with van der Waals surface area (Å²) in [5, 5.41) is 5.14. The number of hydrogen-bond donors (Lipinski definition) is 1. The highest BCUT2D eigenvalue weighted by atomic mass is 35.5. The van der Waals surface area contributed by atoms with Crippen LogP contribution in [0.1, 0.15) is 22.0 Å². The molecule has 27 heavy (non-hydrogen) atoms. The summed E-state index contributed by atoms with van der Waals surface area (Å²) >= 11 is 7.67. The average Bonchev–Trinajstić information content (AvgIpc) is 3.14. The van der Waals surface area contributed by atoms with Gasteiger partial charge in [-0.25, -0.2) is 4.39 Å². The number of rotatable bonds is 4. The van der Waals surface area contributed by atoms with Gasteiger partial charge in [0.2, 0.25) is 5.91 Å². The zero-order valence-corrected chi connectivity index (χ0v) is 16.1. The zero-order chi connectivity index (χ0) is 18.8. The lowest BCUT2D eigenvalue weighted by atomic mass is 9.93. The molecule has 0 fully saturated rings. The first-order chi connectivity index (χ1) is 13.1.